The molecule has 3 heteroatoms. The molecule has 0 saturated heterocycles. The van der Waals surface area contributed by atoms with Crippen LogP contribution < -0.4 is 0 Å². The van der Waals surface area contributed by atoms with Crippen molar-refractivity contribution in [3.8, 4) is 0 Å². The molecule has 3 aromatic carbocycles. The fourth-order valence-electron chi connectivity index (χ4n) is 3.65. The second kappa shape index (κ2) is 11.1. The largest absolute Gasteiger partial charge is 0.381 e. The average Bonchev–Trinajstić information content (AvgIpc) is 2.80. The average molecular weight is 428 g/mol. The van der Waals surface area contributed by atoms with Crippen molar-refractivity contribution in [2.75, 3.05) is 13.1 Å². The number of nitrogens with zero attached hydrogens (tertiary/aromatic N) is 1. The summed E-state index contributed by atoms with van der Waals surface area (Å²) in [5, 5.41) is 21.7. The molecule has 3 aromatic rings. The van der Waals surface area contributed by atoms with Crippen molar-refractivity contribution in [3.63, 3.8) is 0 Å². The van der Waals surface area contributed by atoms with Gasteiger partial charge in [-0.15, -0.1) is 0 Å². The van der Waals surface area contributed by atoms with Crippen molar-refractivity contribution in [2.45, 2.75) is 31.6 Å². The number of benzene rings is 3. The van der Waals surface area contributed by atoms with E-state index in [4.69, 9.17) is 0 Å². The lowest BCUT2D eigenvalue weighted by atomic mass is 9.95. The van der Waals surface area contributed by atoms with Gasteiger partial charge in [0.25, 0.3) is 0 Å². The summed E-state index contributed by atoms with van der Waals surface area (Å²) < 4.78 is 0. The van der Waals surface area contributed by atoms with Crippen LogP contribution in [0, 0.1) is 0 Å². The Balaban J connectivity index is 1.69. The van der Waals surface area contributed by atoms with Gasteiger partial charge in [0.2, 0.25) is 0 Å². The Kier molecular flexibility index (Phi) is 8.18. The van der Waals surface area contributed by atoms with E-state index in [2.05, 4.69) is 17.0 Å². The van der Waals surface area contributed by atoms with Gasteiger partial charge in [0.1, 0.15) is 11.2 Å². The van der Waals surface area contributed by atoms with Gasteiger partial charge in [0.15, 0.2) is 0 Å². The first-order valence-corrected chi connectivity index (χ1v) is 11.0. The third-order valence-corrected chi connectivity index (χ3v) is 5.58. The number of aliphatic hydroxyl groups is 2. The third-order valence-electron chi connectivity index (χ3n) is 5.58. The molecule has 0 aliphatic carbocycles. The molecule has 32 heavy (non-hydrogen) atoms. The van der Waals surface area contributed by atoms with Gasteiger partial charge in [-0.05, 0) is 30.5 Å². The first-order valence-electron chi connectivity index (χ1n) is 11.0. The Hall–Kier alpha value is -2.98. The summed E-state index contributed by atoms with van der Waals surface area (Å²) in [4.78, 5) is 2.27. The van der Waals surface area contributed by atoms with E-state index in [9.17, 15) is 10.2 Å². The maximum atomic E-state index is 10.8. The summed E-state index contributed by atoms with van der Waals surface area (Å²) >= 11 is 0. The molecule has 3 nitrogen and oxygen atoms in total. The second-order valence-corrected chi connectivity index (χ2v) is 8.51. The van der Waals surface area contributed by atoms with Crippen LogP contribution >= 0.6 is 0 Å². The summed E-state index contributed by atoms with van der Waals surface area (Å²) in [6.07, 6.45) is 7.73. The molecular formula is C29H33NO2. The maximum Gasteiger partial charge on any atom is 0.105 e. The van der Waals surface area contributed by atoms with Crippen LogP contribution in [0.25, 0.3) is 0 Å². The van der Waals surface area contributed by atoms with Gasteiger partial charge in [0, 0.05) is 19.6 Å². The predicted octanol–water partition coefficient (Wildman–Crippen LogP) is 5.42. The molecule has 0 spiro atoms. The molecule has 2 N–H and O–H groups in total. The fraction of sp³-hybridized carbons (Fsp3) is 0.241. The summed E-state index contributed by atoms with van der Waals surface area (Å²) in [7, 11) is 0. The fourth-order valence-corrected chi connectivity index (χ4v) is 3.65. The molecule has 0 radical (unpaired) electrons. The van der Waals surface area contributed by atoms with Gasteiger partial charge >= 0.3 is 0 Å². The van der Waals surface area contributed by atoms with Crippen LogP contribution in [0.2, 0.25) is 0 Å². The molecular weight excluding hydrogens is 394 g/mol. The van der Waals surface area contributed by atoms with E-state index in [1.807, 2.05) is 103 Å². The number of hydrogen-bond acceptors (Lipinski definition) is 3. The van der Waals surface area contributed by atoms with Crippen molar-refractivity contribution in [1.82, 2.24) is 4.90 Å². The third kappa shape index (κ3) is 7.03. The van der Waals surface area contributed by atoms with Crippen LogP contribution in [-0.2, 0) is 17.7 Å². The lowest BCUT2D eigenvalue weighted by molar-refractivity contribution is 0.110. The SMILES string of the molecule is CC(O)(/C=C\CN(C/C=C/C(C)(O)c1ccccc1)Cc1ccccc1)c1ccccc1. The van der Waals surface area contributed by atoms with E-state index >= 15 is 0 Å². The molecule has 0 aliphatic rings. The van der Waals surface area contributed by atoms with Crippen LogP contribution in [0.15, 0.2) is 115 Å². The molecule has 0 aliphatic heterocycles. The summed E-state index contributed by atoms with van der Waals surface area (Å²) in [6.45, 7) is 5.73. The zero-order chi connectivity index (χ0) is 22.9. The van der Waals surface area contributed by atoms with Crippen LogP contribution in [0.4, 0.5) is 0 Å². The predicted molar refractivity (Wildman–Crippen MR) is 132 cm³/mol. The van der Waals surface area contributed by atoms with E-state index in [0.717, 1.165) is 17.7 Å². The first-order chi connectivity index (χ1) is 15.4. The highest BCUT2D eigenvalue weighted by Crippen LogP contribution is 2.23. The molecule has 2 unspecified atom stereocenters. The summed E-state index contributed by atoms with van der Waals surface area (Å²) in [5.74, 6) is 0. The Labute approximate surface area is 192 Å². The molecule has 0 heterocycles. The highest BCUT2D eigenvalue weighted by atomic mass is 16.3. The summed E-state index contributed by atoms with van der Waals surface area (Å²) in [5.41, 5.74) is 0.909. The Bertz CT molecular complexity index is 930. The molecule has 0 amide bonds. The van der Waals surface area contributed by atoms with Gasteiger partial charge in [-0.3, -0.25) is 4.90 Å². The minimum Gasteiger partial charge on any atom is -0.381 e. The highest BCUT2D eigenvalue weighted by molar-refractivity contribution is 5.27. The smallest absolute Gasteiger partial charge is 0.105 e. The van der Waals surface area contributed by atoms with Gasteiger partial charge in [-0.2, -0.15) is 0 Å². The number of hydrogen-bond donors (Lipinski definition) is 2. The molecule has 0 saturated carbocycles. The molecule has 0 fully saturated rings. The normalized spacial score (nSPS) is 15.8. The Morgan fingerprint density at radius 2 is 1.00 bits per heavy atom. The van der Waals surface area contributed by atoms with Gasteiger partial charge < -0.3 is 10.2 Å². The van der Waals surface area contributed by atoms with Crippen LogP contribution in [0.3, 0.4) is 0 Å². The lowest BCUT2D eigenvalue weighted by Gasteiger charge is -2.23. The maximum absolute atomic E-state index is 10.8. The van der Waals surface area contributed by atoms with Crippen LogP contribution in [0.5, 0.6) is 0 Å². The van der Waals surface area contributed by atoms with Crippen LogP contribution in [-0.4, -0.2) is 28.2 Å². The molecule has 166 valence electrons. The van der Waals surface area contributed by atoms with E-state index in [-0.39, 0.29) is 0 Å². The standard InChI is InChI=1S/C29H33NO2/c1-28(31,26-16-8-4-9-17-26)20-12-22-30(24-25-14-6-3-7-15-25)23-13-21-29(2,32)27-18-10-5-11-19-27/h3-21,31-32H,22-24H2,1-2H3/b20-12-,21-13+. The van der Waals surface area contributed by atoms with Crippen molar-refractivity contribution >= 4 is 0 Å². The lowest BCUT2D eigenvalue weighted by Crippen LogP contribution is -2.25. The van der Waals surface area contributed by atoms with Crippen molar-refractivity contribution in [3.05, 3.63) is 132 Å². The van der Waals surface area contributed by atoms with Gasteiger partial charge in [-0.25, -0.2) is 0 Å². The summed E-state index contributed by atoms with van der Waals surface area (Å²) in [6, 6.07) is 29.7. The van der Waals surface area contributed by atoms with Crippen molar-refractivity contribution < 1.29 is 10.2 Å². The zero-order valence-electron chi connectivity index (χ0n) is 18.9. The minimum atomic E-state index is -1.02. The quantitative estimate of drug-likeness (QED) is 0.425. The van der Waals surface area contributed by atoms with E-state index in [0.29, 0.717) is 13.1 Å². The molecule has 0 bridgehead atoms. The van der Waals surface area contributed by atoms with Gasteiger partial charge in [0.05, 0.1) is 0 Å². The van der Waals surface area contributed by atoms with E-state index in [1.54, 1.807) is 13.8 Å². The number of rotatable bonds is 10. The van der Waals surface area contributed by atoms with E-state index < -0.39 is 11.2 Å². The molecule has 0 aromatic heterocycles. The topological polar surface area (TPSA) is 43.7 Å². The van der Waals surface area contributed by atoms with Crippen molar-refractivity contribution in [2.24, 2.45) is 0 Å². The molecule has 2 atom stereocenters. The Morgan fingerprint density at radius 3 is 1.41 bits per heavy atom. The second-order valence-electron chi connectivity index (χ2n) is 8.51. The van der Waals surface area contributed by atoms with Crippen LogP contribution in [0.1, 0.15) is 30.5 Å². The monoisotopic (exact) mass is 427 g/mol. The van der Waals surface area contributed by atoms with Gasteiger partial charge in [-0.1, -0.05) is 115 Å². The molecule has 3 rings (SSSR count). The highest BCUT2D eigenvalue weighted by Gasteiger charge is 2.19. The van der Waals surface area contributed by atoms with E-state index in [1.165, 1.54) is 5.56 Å². The first kappa shape index (κ1) is 23.7. The minimum absolute atomic E-state index is 0.676. The van der Waals surface area contributed by atoms with Crippen molar-refractivity contribution in [1.29, 1.82) is 0 Å². The Morgan fingerprint density at radius 1 is 0.625 bits per heavy atom. The zero-order valence-corrected chi connectivity index (χ0v) is 18.9.